The molecule has 3 aromatic rings. The van der Waals surface area contributed by atoms with Gasteiger partial charge in [0.25, 0.3) is 0 Å². The number of carbonyl (C=O) groups is 3. The number of ketones is 1. The van der Waals surface area contributed by atoms with Crippen molar-refractivity contribution in [2.45, 2.75) is 38.8 Å². The zero-order valence-corrected chi connectivity index (χ0v) is 19.7. The molecule has 0 saturated heterocycles. The van der Waals surface area contributed by atoms with Crippen molar-refractivity contribution in [3.05, 3.63) is 92.4 Å². The molecule has 6 nitrogen and oxygen atoms in total. The Morgan fingerprint density at radius 2 is 2.09 bits per heavy atom. The van der Waals surface area contributed by atoms with Crippen LogP contribution < -0.4 is 5.32 Å². The molecule has 5 rings (SSSR count). The van der Waals surface area contributed by atoms with E-state index in [-0.39, 0.29) is 24.0 Å². The lowest BCUT2D eigenvalue weighted by molar-refractivity contribution is -0.133. The molecule has 3 heterocycles. The highest BCUT2D eigenvalue weighted by Gasteiger charge is 2.37. The largest absolute Gasteiger partial charge is 0.348 e. The summed E-state index contributed by atoms with van der Waals surface area (Å²) in [4.78, 5) is 45.4. The van der Waals surface area contributed by atoms with Gasteiger partial charge in [0.1, 0.15) is 0 Å². The molecule has 0 spiro atoms. The van der Waals surface area contributed by atoms with E-state index in [1.54, 1.807) is 29.6 Å². The van der Waals surface area contributed by atoms with E-state index in [0.29, 0.717) is 31.6 Å². The number of Topliss-reactive ketones (excluding diaryl/α,β-unsaturated/α-hetero) is 1. The maximum absolute atomic E-state index is 13.3. The summed E-state index contributed by atoms with van der Waals surface area (Å²) in [6, 6.07) is 11.3. The SMILES string of the molecule is Cc1ncc2c(c1CNC(=O)C=Cc1cccs1)CCN(C(=O)C1CC(=O)c3ccccc31)C2. The van der Waals surface area contributed by atoms with Crippen molar-refractivity contribution in [1.82, 2.24) is 15.2 Å². The summed E-state index contributed by atoms with van der Waals surface area (Å²) in [5.74, 6) is -0.520. The highest BCUT2D eigenvalue weighted by atomic mass is 32.1. The summed E-state index contributed by atoms with van der Waals surface area (Å²) in [6.07, 6.45) is 6.12. The van der Waals surface area contributed by atoms with E-state index in [9.17, 15) is 14.4 Å². The van der Waals surface area contributed by atoms with Gasteiger partial charge in [0.05, 0.1) is 5.92 Å². The molecule has 7 heteroatoms. The molecule has 1 aliphatic carbocycles. The average molecular weight is 472 g/mol. The molecule has 2 aliphatic rings. The lowest BCUT2D eigenvalue weighted by Gasteiger charge is -2.32. The second kappa shape index (κ2) is 9.35. The molecular weight excluding hydrogens is 446 g/mol. The molecule has 0 fully saturated rings. The van der Waals surface area contributed by atoms with Crippen LogP contribution in [0.5, 0.6) is 0 Å². The van der Waals surface area contributed by atoms with E-state index in [1.165, 1.54) is 0 Å². The molecule has 1 N–H and O–H groups in total. The molecule has 0 bridgehead atoms. The van der Waals surface area contributed by atoms with Gasteiger partial charge < -0.3 is 10.2 Å². The van der Waals surface area contributed by atoms with Gasteiger partial charge in [0, 0.05) is 54.5 Å². The van der Waals surface area contributed by atoms with Crippen molar-refractivity contribution in [1.29, 1.82) is 0 Å². The minimum atomic E-state index is -0.405. The lowest BCUT2D eigenvalue weighted by Crippen LogP contribution is -2.39. The van der Waals surface area contributed by atoms with Crippen molar-refractivity contribution in [3.8, 4) is 0 Å². The van der Waals surface area contributed by atoms with Crippen LogP contribution in [0.1, 0.15) is 55.5 Å². The van der Waals surface area contributed by atoms with Crippen molar-refractivity contribution in [2.24, 2.45) is 0 Å². The Hall–Kier alpha value is -3.58. The number of hydrogen-bond donors (Lipinski definition) is 1. The van der Waals surface area contributed by atoms with E-state index in [1.807, 2.05) is 53.7 Å². The highest BCUT2D eigenvalue weighted by molar-refractivity contribution is 7.10. The summed E-state index contributed by atoms with van der Waals surface area (Å²) in [6.45, 7) is 3.39. The fourth-order valence-electron chi connectivity index (χ4n) is 4.82. The van der Waals surface area contributed by atoms with Gasteiger partial charge in [-0.15, -0.1) is 11.3 Å². The predicted molar refractivity (Wildman–Crippen MR) is 131 cm³/mol. The Balaban J connectivity index is 1.28. The maximum atomic E-state index is 13.3. The Labute approximate surface area is 202 Å². The van der Waals surface area contributed by atoms with Gasteiger partial charge >= 0.3 is 0 Å². The number of amides is 2. The fraction of sp³-hybridized carbons (Fsp3) is 0.259. The maximum Gasteiger partial charge on any atom is 0.244 e. The van der Waals surface area contributed by atoms with Crippen molar-refractivity contribution in [2.75, 3.05) is 6.54 Å². The van der Waals surface area contributed by atoms with E-state index in [4.69, 9.17) is 0 Å². The van der Waals surface area contributed by atoms with E-state index in [0.717, 1.165) is 32.8 Å². The van der Waals surface area contributed by atoms with E-state index >= 15 is 0 Å². The first-order valence-corrected chi connectivity index (χ1v) is 12.3. The van der Waals surface area contributed by atoms with Crippen LogP contribution in [0, 0.1) is 6.92 Å². The minimum Gasteiger partial charge on any atom is -0.348 e. The predicted octanol–water partition coefficient (Wildman–Crippen LogP) is 4.04. The number of aromatic nitrogens is 1. The first-order valence-electron chi connectivity index (χ1n) is 11.4. The number of aryl methyl sites for hydroxylation is 1. The van der Waals surface area contributed by atoms with Gasteiger partial charge in [-0.25, -0.2) is 0 Å². The lowest BCUT2D eigenvalue weighted by atomic mass is 9.93. The van der Waals surface area contributed by atoms with Gasteiger partial charge in [-0.1, -0.05) is 30.3 Å². The van der Waals surface area contributed by atoms with Gasteiger partial charge in [0.15, 0.2) is 5.78 Å². The Bertz CT molecular complexity index is 1300. The number of rotatable bonds is 5. The topological polar surface area (TPSA) is 79.4 Å². The van der Waals surface area contributed by atoms with Crippen LogP contribution in [-0.2, 0) is 29.1 Å². The van der Waals surface area contributed by atoms with Crippen molar-refractivity contribution in [3.63, 3.8) is 0 Å². The third kappa shape index (κ3) is 4.31. The summed E-state index contributed by atoms with van der Waals surface area (Å²) >= 11 is 1.58. The fourth-order valence-corrected chi connectivity index (χ4v) is 5.44. The van der Waals surface area contributed by atoms with Gasteiger partial charge in [-0.3, -0.25) is 19.4 Å². The van der Waals surface area contributed by atoms with E-state index < -0.39 is 5.92 Å². The second-order valence-corrected chi connectivity index (χ2v) is 9.65. The average Bonchev–Trinajstić information content (AvgIpc) is 3.49. The Morgan fingerprint density at radius 3 is 2.91 bits per heavy atom. The van der Waals surface area contributed by atoms with Gasteiger partial charge in [0.2, 0.25) is 11.8 Å². The second-order valence-electron chi connectivity index (χ2n) is 8.67. The molecule has 0 radical (unpaired) electrons. The quantitative estimate of drug-likeness (QED) is 0.570. The minimum absolute atomic E-state index is 0.00177. The van der Waals surface area contributed by atoms with Crippen molar-refractivity contribution >= 4 is 35.0 Å². The number of fused-ring (bicyclic) bond motifs is 2. The number of nitrogens with one attached hydrogen (secondary N) is 1. The summed E-state index contributed by atoms with van der Waals surface area (Å²) in [7, 11) is 0. The third-order valence-corrected chi connectivity index (χ3v) is 7.45. The molecule has 34 heavy (non-hydrogen) atoms. The molecule has 1 aromatic carbocycles. The molecule has 0 saturated carbocycles. The van der Waals surface area contributed by atoms with Crippen molar-refractivity contribution < 1.29 is 14.4 Å². The van der Waals surface area contributed by atoms with Crippen LogP contribution >= 0.6 is 11.3 Å². The van der Waals surface area contributed by atoms with Crippen LogP contribution in [0.2, 0.25) is 0 Å². The molecular formula is C27H25N3O3S. The molecule has 2 amide bonds. The summed E-state index contributed by atoms with van der Waals surface area (Å²) in [5.41, 5.74) is 5.56. The summed E-state index contributed by atoms with van der Waals surface area (Å²) in [5, 5.41) is 4.94. The van der Waals surface area contributed by atoms with Crippen LogP contribution in [0.15, 0.2) is 54.1 Å². The van der Waals surface area contributed by atoms with Crippen LogP contribution in [-0.4, -0.2) is 34.0 Å². The smallest absolute Gasteiger partial charge is 0.244 e. The number of benzene rings is 1. The van der Waals surface area contributed by atoms with Crippen LogP contribution in [0.3, 0.4) is 0 Å². The Morgan fingerprint density at radius 1 is 1.24 bits per heavy atom. The van der Waals surface area contributed by atoms with Crippen LogP contribution in [0.4, 0.5) is 0 Å². The highest BCUT2D eigenvalue weighted by Crippen LogP contribution is 2.35. The number of carbonyl (C=O) groups excluding carboxylic acids is 3. The monoisotopic (exact) mass is 471 g/mol. The first-order chi connectivity index (χ1) is 16.5. The van der Waals surface area contributed by atoms with Crippen LogP contribution in [0.25, 0.3) is 6.08 Å². The zero-order chi connectivity index (χ0) is 23.7. The van der Waals surface area contributed by atoms with Gasteiger partial charge in [-0.05, 0) is 53.1 Å². The number of pyridine rings is 1. The molecule has 172 valence electrons. The van der Waals surface area contributed by atoms with E-state index in [2.05, 4.69) is 10.3 Å². The first kappa shape index (κ1) is 22.2. The number of thiophene rings is 1. The molecule has 1 atom stereocenters. The third-order valence-electron chi connectivity index (χ3n) is 6.61. The number of hydrogen-bond acceptors (Lipinski definition) is 5. The summed E-state index contributed by atoms with van der Waals surface area (Å²) < 4.78 is 0. The zero-order valence-electron chi connectivity index (χ0n) is 18.9. The normalized spacial score (nSPS) is 17.0. The molecule has 2 aromatic heterocycles. The number of nitrogens with zero attached hydrogens (tertiary/aromatic N) is 2. The Kier molecular flexibility index (Phi) is 6.11. The van der Waals surface area contributed by atoms with Gasteiger partial charge in [-0.2, -0.15) is 0 Å². The molecule has 1 unspecified atom stereocenters. The molecule has 1 aliphatic heterocycles. The standard InChI is InChI=1S/C27H25N3O3S/c1-17-24(15-29-26(32)9-8-19-5-4-12-34-19)20-10-11-30(16-18(20)14-28-17)27(33)23-13-25(31)22-7-3-2-6-21(22)23/h2-9,12,14,23H,10-11,13,15-16H2,1H3,(H,29,32).